The molecular formula is C14H19N3O. The van der Waals surface area contributed by atoms with Crippen LogP contribution in [0.2, 0.25) is 0 Å². The Morgan fingerprint density at radius 1 is 1.33 bits per heavy atom. The lowest BCUT2D eigenvalue weighted by atomic mass is 10.2. The SMILES string of the molecule is CCO[C@@H](C)c1nccn1Cc1ncccc1C. The molecule has 0 aliphatic carbocycles. The largest absolute Gasteiger partial charge is 0.371 e. The Labute approximate surface area is 108 Å². The van der Waals surface area contributed by atoms with Gasteiger partial charge in [0.15, 0.2) is 0 Å². The normalized spacial score (nSPS) is 12.6. The van der Waals surface area contributed by atoms with Crippen LogP contribution in [0.3, 0.4) is 0 Å². The molecule has 0 aromatic carbocycles. The molecule has 0 fully saturated rings. The van der Waals surface area contributed by atoms with Crippen molar-refractivity contribution < 1.29 is 4.74 Å². The van der Waals surface area contributed by atoms with E-state index in [4.69, 9.17) is 4.74 Å². The lowest BCUT2D eigenvalue weighted by Crippen LogP contribution is -2.11. The van der Waals surface area contributed by atoms with Crippen LogP contribution in [-0.2, 0) is 11.3 Å². The van der Waals surface area contributed by atoms with Crippen LogP contribution in [0.5, 0.6) is 0 Å². The highest BCUT2D eigenvalue weighted by molar-refractivity contribution is 5.18. The molecule has 0 unspecified atom stereocenters. The average molecular weight is 245 g/mol. The average Bonchev–Trinajstić information content (AvgIpc) is 2.81. The summed E-state index contributed by atoms with van der Waals surface area (Å²) >= 11 is 0. The van der Waals surface area contributed by atoms with E-state index in [2.05, 4.69) is 27.5 Å². The molecule has 4 nitrogen and oxygen atoms in total. The van der Waals surface area contributed by atoms with Crippen molar-refractivity contribution >= 4 is 0 Å². The van der Waals surface area contributed by atoms with E-state index in [1.807, 2.05) is 38.5 Å². The topological polar surface area (TPSA) is 39.9 Å². The van der Waals surface area contributed by atoms with Crippen molar-refractivity contribution in [2.75, 3.05) is 6.61 Å². The summed E-state index contributed by atoms with van der Waals surface area (Å²) in [6.07, 6.45) is 5.61. The van der Waals surface area contributed by atoms with Gasteiger partial charge >= 0.3 is 0 Å². The van der Waals surface area contributed by atoms with Gasteiger partial charge in [-0.05, 0) is 32.4 Å². The smallest absolute Gasteiger partial charge is 0.137 e. The Morgan fingerprint density at radius 3 is 2.89 bits per heavy atom. The fourth-order valence-electron chi connectivity index (χ4n) is 1.98. The first kappa shape index (κ1) is 12.8. The minimum atomic E-state index is 0.00835. The van der Waals surface area contributed by atoms with Crippen molar-refractivity contribution in [1.29, 1.82) is 0 Å². The number of hydrogen-bond donors (Lipinski definition) is 0. The van der Waals surface area contributed by atoms with Gasteiger partial charge in [-0.15, -0.1) is 0 Å². The highest BCUT2D eigenvalue weighted by atomic mass is 16.5. The number of rotatable bonds is 5. The molecule has 96 valence electrons. The van der Waals surface area contributed by atoms with Gasteiger partial charge in [-0.3, -0.25) is 4.98 Å². The predicted octanol–water partition coefficient (Wildman–Crippen LogP) is 2.73. The third kappa shape index (κ3) is 2.76. The number of aromatic nitrogens is 3. The summed E-state index contributed by atoms with van der Waals surface area (Å²) in [6, 6.07) is 4.03. The molecule has 0 saturated heterocycles. The Hall–Kier alpha value is -1.68. The summed E-state index contributed by atoms with van der Waals surface area (Å²) in [4.78, 5) is 8.78. The maximum absolute atomic E-state index is 5.59. The Balaban J connectivity index is 2.20. The van der Waals surface area contributed by atoms with Crippen LogP contribution >= 0.6 is 0 Å². The molecule has 2 heterocycles. The second kappa shape index (κ2) is 5.78. The first-order valence-corrected chi connectivity index (χ1v) is 6.25. The monoisotopic (exact) mass is 245 g/mol. The molecule has 4 heteroatoms. The molecule has 0 aliphatic heterocycles. The van der Waals surface area contributed by atoms with E-state index in [9.17, 15) is 0 Å². The van der Waals surface area contributed by atoms with Gasteiger partial charge in [0.1, 0.15) is 11.9 Å². The van der Waals surface area contributed by atoms with Crippen molar-refractivity contribution in [3.63, 3.8) is 0 Å². The van der Waals surface area contributed by atoms with Gasteiger partial charge < -0.3 is 9.30 Å². The third-order valence-corrected chi connectivity index (χ3v) is 2.97. The molecule has 0 saturated carbocycles. The minimum absolute atomic E-state index is 0.00835. The highest BCUT2D eigenvalue weighted by Crippen LogP contribution is 2.16. The molecule has 0 N–H and O–H groups in total. The van der Waals surface area contributed by atoms with Crippen molar-refractivity contribution in [2.24, 2.45) is 0 Å². The zero-order valence-corrected chi connectivity index (χ0v) is 11.1. The van der Waals surface area contributed by atoms with E-state index < -0.39 is 0 Å². The number of hydrogen-bond acceptors (Lipinski definition) is 3. The van der Waals surface area contributed by atoms with Crippen LogP contribution in [0.25, 0.3) is 0 Å². The molecule has 0 amide bonds. The van der Waals surface area contributed by atoms with Gasteiger partial charge in [0.2, 0.25) is 0 Å². The molecule has 2 aromatic heterocycles. The standard InChI is InChI=1S/C14H19N3O/c1-4-18-12(3)14-16-8-9-17(14)10-13-11(2)6-5-7-15-13/h5-9,12H,4,10H2,1-3H3/t12-/m0/s1. The second-order valence-electron chi connectivity index (χ2n) is 4.28. The second-order valence-corrected chi connectivity index (χ2v) is 4.28. The van der Waals surface area contributed by atoms with Crippen LogP contribution in [-0.4, -0.2) is 21.1 Å². The van der Waals surface area contributed by atoms with Crippen LogP contribution in [0, 0.1) is 6.92 Å². The zero-order valence-electron chi connectivity index (χ0n) is 11.1. The molecule has 0 radical (unpaired) electrons. The van der Waals surface area contributed by atoms with Gasteiger partial charge in [0.05, 0.1) is 12.2 Å². The number of ether oxygens (including phenoxy) is 1. The van der Waals surface area contributed by atoms with Crippen molar-refractivity contribution in [3.05, 3.63) is 47.8 Å². The molecule has 0 aliphatic rings. The van der Waals surface area contributed by atoms with Gasteiger partial charge in [0, 0.05) is 25.2 Å². The first-order valence-electron chi connectivity index (χ1n) is 6.25. The lowest BCUT2D eigenvalue weighted by molar-refractivity contribution is 0.0677. The Bertz CT molecular complexity index is 507. The van der Waals surface area contributed by atoms with E-state index in [1.54, 1.807) is 0 Å². The fourth-order valence-corrected chi connectivity index (χ4v) is 1.98. The number of aryl methyl sites for hydroxylation is 1. The van der Waals surface area contributed by atoms with Crippen LogP contribution in [0.1, 0.15) is 37.0 Å². The van der Waals surface area contributed by atoms with Crippen LogP contribution in [0.4, 0.5) is 0 Å². The molecule has 2 rings (SSSR count). The maximum Gasteiger partial charge on any atom is 0.137 e. The maximum atomic E-state index is 5.59. The summed E-state index contributed by atoms with van der Waals surface area (Å²) in [7, 11) is 0. The van der Waals surface area contributed by atoms with E-state index in [0.29, 0.717) is 6.61 Å². The van der Waals surface area contributed by atoms with Gasteiger partial charge in [-0.1, -0.05) is 6.07 Å². The van der Waals surface area contributed by atoms with Crippen LogP contribution < -0.4 is 0 Å². The molecule has 0 bridgehead atoms. The predicted molar refractivity (Wildman–Crippen MR) is 70.3 cm³/mol. The van der Waals surface area contributed by atoms with Crippen molar-refractivity contribution in [1.82, 2.24) is 14.5 Å². The Kier molecular flexibility index (Phi) is 4.10. The third-order valence-electron chi connectivity index (χ3n) is 2.97. The fraction of sp³-hybridized carbons (Fsp3) is 0.429. The minimum Gasteiger partial charge on any atom is -0.371 e. The molecule has 18 heavy (non-hydrogen) atoms. The highest BCUT2D eigenvalue weighted by Gasteiger charge is 2.12. The number of imidazole rings is 1. The Morgan fingerprint density at radius 2 is 2.17 bits per heavy atom. The number of pyridine rings is 1. The summed E-state index contributed by atoms with van der Waals surface area (Å²) in [5.74, 6) is 0.946. The molecule has 1 atom stereocenters. The van der Waals surface area contributed by atoms with Gasteiger partial charge in [-0.2, -0.15) is 0 Å². The number of nitrogens with zero attached hydrogens (tertiary/aromatic N) is 3. The van der Waals surface area contributed by atoms with E-state index in [1.165, 1.54) is 5.56 Å². The zero-order chi connectivity index (χ0) is 13.0. The summed E-state index contributed by atoms with van der Waals surface area (Å²) in [5, 5.41) is 0. The summed E-state index contributed by atoms with van der Waals surface area (Å²) < 4.78 is 7.68. The quantitative estimate of drug-likeness (QED) is 0.813. The van der Waals surface area contributed by atoms with Crippen molar-refractivity contribution in [2.45, 2.75) is 33.4 Å². The van der Waals surface area contributed by atoms with E-state index in [0.717, 1.165) is 18.1 Å². The summed E-state index contributed by atoms with van der Waals surface area (Å²) in [5.41, 5.74) is 2.27. The van der Waals surface area contributed by atoms with E-state index in [-0.39, 0.29) is 6.10 Å². The van der Waals surface area contributed by atoms with Crippen LogP contribution in [0.15, 0.2) is 30.7 Å². The van der Waals surface area contributed by atoms with E-state index >= 15 is 0 Å². The molecule has 0 spiro atoms. The van der Waals surface area contributed by atoms with Gasteiger partial charge in [-0.25, -0.2) is 4.98 Å². The van der Waals surface area contributed by atoms with Gasteiger partial charge in [0.25, 0.3) is 0 Å². The first-order chi connectivity index (χ1) is 8.72. The molecular weight excluding hydrogens is 226 g/mol. The lowest BCUT2D eigenvalue weighted by Gasteiger charge is -2.14. The van der Waals surface area contributed by atoms with Crippen molar-refractivity contribution in [3.8, 4) is 0 Å². The summed E-state index contributed by atoms with van der Waals surface area (Å²) in [6.45, 7) is 7.52. The molecule has 2 aromatic rings.